The molecule has 7 heteroatoms. The highest BCUT2D eigenvalue weighted by atomic mass is 127. The predicted octanol–water partition coefficient (Wildman–Crippen LogP) is 11.3. The van der Waals surface area contributed by atoms with Crippen LogP contribution in [0.4, 0.5) is 0 Å². The molecule has 0 unspecified atom stereocenters. The second-order valence-corrected chi connectivity index (χ2v) is 12.0. The van der Waals surface area contributed by atoms with Crippen molar-refractivity contribution in [1.82, 2.24) is 0 Å². The Bertz CT molecular complexity index is 1140. The van der Waals surface area contributed by atoms with E-state index in [0.717, 1.165) is 19.3 Å². The van der Waals surface area contributed by atoms with Gasteiger partial charge in [-0.25, -0.2) is 9.59 Å². The number of hydrogen-bond acceptors (Lipinski definition) is 6. The van der Waals surface area contributed by atoms with Crippen LogP contribution >= 0.6 is 22.6 Å². The van der Waals surface area contributed by atoms with Crippen LogP contribution in [0.15, 0.2) is 72.8 Å². The highest BCUT2D eigenvalue weighted by Gasteiger charge is 2.10. The van der Waals surface area contributed by atoms with Crippen molar-refractivity contribution in [3.8, 4) is 5.75 Å². The first-order valence-electron chi connectivity index (χ1n) is 16.8. The van der Waals surface area contributed by atoms with Gasteiger partial charge in [0.2, 0.25) is 0 Å². The first-order valence-corrected chi connectivity index (χ1v) is 18.3. The maximum atomic E-state index is 12.1. The molecule has 0 aliphatic carbocycles. The van der Waals surface area contributed by atoms with Gasteiger partial charge in [0.05, 0.1) is 25.3 Å². The van der Waals surface area contributed by atoms with E-state index in [0.29, 0.717) is 23.1 Å². The monoisotopic (exact) mass is 748 g/mol. The molecule has 0 fully saturated rings. The first-order chi connectivity index (χ1) is 22.3. The quantitative estimate of drug-likeness (QED) is 0.0362. The van der Waals surface area contributed by atoms with Crippen LogP contribution in [0.3, 0.4) is 0 Å². The van der Waals surface area contributed by atoms with Gasteiger partial charge in [-0.05, 0) is 86.1 Å². The summed E-state index contributed by atoms with van der Waals surface area (Å²) in [4.78, 5) is 34.4. The van der Waals surface area contributed by atoms with Crippen molar-refractivity contribution in [1.29, 1.82) is 0 Å². The molecular formula is C39H57IO6. The molecular weight excluding hydrogens is 691 g/mol. The molecule has 2 aromatic rings. The van der Waals surface area contributed by atoms with Gasteiger partial charge in [-0.15, -0.1) is 0 Å². The van der Waals surface area contributed by atoms with E-state index in [4.69, 9.17) is 5.11 Å². The van der Waals surface area contributed by atoms with E-state index >= 15 is 0 Å². The summed E-state index contributed by atoms with van der Waals surface area (Å²) in [5.74, 6) is -0.716. The van der Waals surface area contributed by atoms with Crippen LogP contribution in [0, 0.1) is 0 Å². The lowest BCUT2D eigenvalue weighted by Gasteiger charge is -2.03. The van der Waals surface area contributed by atoms with Gasteiger partial charge in [-0.1, -0.05) is 117 Å². The lowest BCUT2D eigenvalue weighted by atomic mass is 10.0. The number of esters is 2. The van der Waals surface area contributed by atoms with Crippen molar-refractivity contribution >= 4 is 40.3 Å². The lowest BCUT2D eigenvalue weighted by Crippen LogP contribution is -2.04. The number of allylic oxidation sites excluding steroid dienone is 4. The summed E-state index contributed by atoms with van der Waals surface area (Å²) >= 11 is 2.43. The number of methoxy groups -OCH3 is 2. The molecule has 0 saturated heterocycles. The molecule has 6 nitrogen and oxygen atoms in total. The summed E-state index contributed by atoms with van der Waals surface area (Å²) in [5.41, 5.74) is 1.36. The Labute approximate surface area is 292 Å². The minimum Gasteiger partial charge on any atom is -0.508 e. The number of halogens is 1. The van der Waals surface area contributed by atoms with Crippen molar-refractivity contribution in [3.63, 3.8) is 0 Å². The largest absolute Gasteiger partial charge is 0.508 e. The van der Waals surface area contributed by atoms with Crippen LogP contribution in [-0.2, 0) is 9.47 Å². The third-order valence-corrected chi connectivity index (χ3v) is 7.70. The van der Waals surface area contributed by atoms with Gasteiger partial charge in [0.1, 0.15) is 5.75 Å². The average molecular weight is 749 g/mol. The Kier molecular flexibility index (Phi) is 28.7. The van der Waals surface area contributed by atoms with Crippen molar-refractivity contribution in [2.24, 2.45) is 0 Å². The zero-order valence-electron chi connectivity index (χ0n) is 28.6. The number of benzene rings is 2. The van der Waals surface area contributed by atoms with Crippen molar-refractivity contribution in [2.75, 3.05) is 18.6 Å². The normalized spacial score (nSPS) is 10.5. The summed E-state index contributed by atoms with van der Waals surface area (Å²) in [7, 11) is 2.64. The standard InChI is InChI=1S/C20H28O3.C11H21I.C8H8O3/c1-3-4-5-6-7-8-9-10-11-15-19(21)17-13-12-14-18(16-17)20(22)23-2;1-2-3-4-5-6-7-8-9-10-11-12;1-11-8(10)6-3-2-4-7(9)5-6/h8-9,12-14,16H,3-7,10-11,15H2,1-2H3;7-8H,2-6,9-11H2,1H3;2-5,9H,1H3/b9-8-;8-7-;. The summed E-state index contributed by atoms with van der Waals surface area (Å²) in [6.07, 6.45) is 27.1. The second-order valence-electron chi connectivity index (χ2n) is 10.9. The molecule has 0 spiro atoms. The zero-order chi connectivity index (χ0) is 34.3. The van der Waals surface area contributed by atoms with Gasteiger partial charge in [-0.3, -0.25) is 4.79 Å². The first kappa shape index (κ1) is 43.1. The number of unbranched alkanes of at least 4 members (excludes halogenated alkanes) is 10. The van der Waals surface area contributed by atoms with Crippen molar-refractivity contribution in [3.05, 3.63) is 89.5 Å². The SMILES string of the molecule is CCCCCC/C=C\CCCC(=O)c1cccc(C(=O)OC)c1.CCCCCC/C=C\CCCI.COC(=O)c1cccc(O)c1. The van der Waals surface area contributed by atoms with Crippen LogP contribution in [0.5, 0.6) is 5.75 Å². The second kappa shape index (κ2) is 30.7. The maximum absolute atomic E-state index is 12.1. The molecule has 1 N–H and O–H groups in total. The van der Waals surface area contributed by atoms with Crippen LogP contribution in [0.1, 0.15) is 141 Å². The number of phenols is 1. The van der Waals surface area contributed by atoms with Gasteiger partial charge < -0.3 is 14.6 Å². The number of alkyl halides is 1. The van der Waals surface area contributed by atoms with Gasteiger partial charge >= 0.3 is 11.9 Å². The van der Waals surface area contributed by atoms with Gasteiger partial charge in [0.25, 0.3) is 0 Å². The molecule has 0 aliphatic heterocycles. The number of Topliss-reactive ketones (excluding diaryl/α,β-unsaturated/α-hetero) is 1. The summed E-state index contributed by atoms with van der Waals surface area (Å²) in [6, 6.07) is 12.7. The number of carbonyl (C=O) groups is 3. The number of hydrogen-bond donors (Lipinski definition) is 1. The number of ketones is 1. The molecule has 2 aromatic carbocycles. The molecule has 0 atom stereocenters. The Morgan fingerprint density at radius 2 is 1.09 bits per heavy atom. The summed E-state index contributed by atoms with van der Waals surface area (Å²) < 4.78 is 10.4. The van der Waals surface area contributed by atoms with Crippen LogP contribution in [0.2, 0.25) is 0 Å². The van der Waals surface area contributed by atoms with E-state index in [-0.39, 0.29) is 11.5 Å². The Balaban J connectivity index is 0.000000737. The fourth-order valence-electron chi connectivity index (χ4n) is 4.26. The lowest BCUT2D eigenvalue weighted by molar-refractivity contribution is 0.0591. The van der Waals surface area contributed by atoms with E-state index < -0.39 is 11.9 Å². The molecule has 0 aliphatic rings. The van der Waals surface area contributed by atoms with Gasteiger partial charge in [0.15, 0.2) is 5.78 Å². The van der Waals surface area contributed by atoms with Crippen LogP contribution < -0.4 is 0 Å². The number of phenolic OH excluding ortho intramolecular Hbond substituents is 1. The Morgan fingerprint density at radius 3 is 1.57 bits per heavy atom. The topological polar surface area (TPSA) is 89.9 Å². The van der Waals surface area contributed by atoms with Crippen LogP contribution in [0.25, 0.3) is 0 Å². The minimum absolute atomic E-state index is 0.0629. The van der Waals surface area contributed by atoms with Gasteiger partial charge in [-0.2, -0.15) is 0 Å². The highest BCUT2D eigenvalue weighted by molar-refractivity contribution is 14.1. The Hall–Kier alpha value is -2.94. The fourth-order valence-corrected chi connectivity index (χ4v) is 4.70. The van der Waals surface area contributed by atoms with E-state index in [9.17, 15) is 14.4 Å². The highest BCUT2D eigenvalue weighted by Crippen LogP contribution is 2.13. The fraction of sp³-hybridized carbons (Fsp3) is 0.513. The van der Waals surface area contributed by atoms with Crippen molar-refractivity contribution < 1.29 is 29.0 Å². The summed E-state index contributed by atoms with van der Waals surface area (Å²) in [5, 5.41) is 8.95. The molecule has 2 rings (SSSR count). The number of aromatic hydroxyl groups is 1. The molecule has 0 heterocycles. The number of carbonyl (C=O) groups excluding carboxylic acids is 3. The van der Waals surface area contributed by atoms with Gasteiger partial charge in [0, 0.05) is 12.0 Å². The predicted molar refractivity (Wildman–Crippen MR) is 199 cm³/mol. The molecule has 0 saturated carbocycles. The molecule has 46 heavy (non-hydrogen) atoms. The zero-order valence-corrected chi connectivity index (χ0v) is 30.8. The Morgan fingerprint density at radius 1 is 0.630 bits per heavy atom. The van der Waals surface area contributed by atoms with E-state index in [1.54, 1.807) is 36.4 Å². The van der Waals surface area contributed by atoms with Crippen LogP contribution in [-0.4, -0.2) is 41.5 Å². The maximum Gasteiger partial charge on any atom is 0.337 e. The summed E-state index contributed by atoms with van der Waals surface area (Å²) in [6.45, 7) is 4.48. The minimum atomic E-state index is -0.444. The smallest absolute Gasteiger partial charge is 0.337 e. The van der Waals surface area contributed by atoms with E-state index in [1.165, 1.54) is 101 Å². The molecule has 0 bridgehead atoms. The molecule has 256 valence electrons. The molecule has 0 radical (unpaired) electrons. The third kappa shape index (κ3) is 23.4. The van der Waals surface area contributed by atoms with Crippen molar-refractivity contribution in [2.45, 2.75) is 110 Å². The average Bonchev–Trinajstić information content (AvgIpc) is 3.08. The molecule has 0 amide bonds. The molecule has 0 aromatic heterocycles. The third-order valence-electron chi connectivity index (χ3n) is 6.93. The number of rotatable bonds is 20. The number of ether oxygens (including phenoxy) is 2. The van der Waals surface area contributed by atoms with E-state index in [2.05, 4.69) is 70.2 Å². The van der Waals surface area contributed by atoms with E-state index in [1.807, 2.05) is 0 Å².